The molecule has 2 aromatic carbocycles. The molecule has 28 heavy (non-hydrogen) atoms. The van der Waals surface area contributed by atoms with Crippen LogP contribution in [0, 0.1) is 0 Å². The van der Waals surface area contributed by atoms with E-state index in [9.17, 15) is 18.0 Å². The van der Waals surface area contributed by atoms with Crippen LogP contribution in [0.1, 0.15) is 33.6 Å². The van der Waals surface area contributed by atoms with E-state index in [0.29, 0.717) is 30.5 Å². The summed E-state index contributed by atoms with van der Waals surface area (Å²) < 4.78 is 29.0. The maximum absolute atomic E-state index is 12.9. The third-order valence-corrected chi connectivity index (χ3v) is 6.47. The molecular weight excluding hydrogens is 378 g/mol. The Kier molecular flexibility index (Phi) is 6.46. The summed E-state index contributed by atoms with van der Waals surface area (Å²) in [4.78, 5) is 26.5. The van der Waals surface area contributed by atoms with Gasteiger partial charge in [0.15, 0.2) is 9.84 Å². The van der Waals surface area contributed by atoms with Crippen molar-refractivity contribution < 1.29 is 22.7 Å². The van der Waals surface area contributed by atoms with Gasteiger partial charge in [0.2, 0.25) is 0 Å². The number of benzene rings is 2. The summed E-state index contributed by atoms with van der Waals surface area (Å²) >= 11 is 0. The van der Waals surface area contributed by atoms with E-state index in [1.165, 1.54) is 0 Å². The molecule has 0 radical (unpaired) electrons. The molecular formula is C21H23NO5S. The second-order valence-corrected chi connectivity index (χ2v) is 9.01. The second-order valence-electron chi connectivity index (χ2n) is 6.78. The van der Waals surface area contributed by atoms with Gasteiger partial charge in [-0.05, 0) is 37.1 Å². The van der Waals surface area contributed by atoms with Gasteiger partial charge in [0.05, 0.1) is 23.7 Å². The van der Waals surface area contributed by atoms with E-state index >= 15 is 0 Å². The average molecular weight is 401 g/mol. The lowest BCUT2D eigenvalue weighted by Crippen LogP contribution is -2.42. The lowest BCUT2D eigenvalue weighted by molar-refractivity contribution is 0.0475. The summed E-state index contributed by atoms with van der Waals surface area (Å²) in [5.74, 6) is -0.531. The van der Waals surface area contributed by atoms with Gasteiger partial charge < -0.3 is 9.64 Å². The van der Waals surface area contributed by atoms with Gasteiger partial charge in [-0.3, -0.25) is 4.79 Å². The number of hydrogen-bond donors (Lipinski definition) is 0. The van der Waals surface area contributed by atoms with Crippen molar-refractivity contribution in [3.63, 3.8) is 0 Å². The maximum Gasteiger partial charge on any atom is 0.338 e. The first-order valence-corrected chi connectivity index (χ1v) is 11.1. The molecule has 1 aliphatic rings. The van der Waals surface area contributed by atoms with E-state index in [-0.39, 0.29) is 30.1 Å². The van der Waals surface area contributed by atoms with Crippen molar-refractivity contribution in [3.8, 4) is 0 Å². The molecule has 0 N–H and O–H groups in total. The van der Waals surface area contributed by atoms with E-state index < -0.39 is 15.8 Å². The highest BCUT2D eigenvalue weighted by Crippen LogP contribution is 2.20. The monoisotopic (exact) mass is 401 g/mol. The third kappa shape index (κ3) is 5.19. The van der Waals surface area contributed by atoms with Crippen LogP contribution in [0.25, 0.3) is 0 Å². The Morgan fingerprint density at radius 3 is 2.14 bits per heavy atom. The largest absolute Gasteiger partial charge is 0.462 e. The lowest BCUT2D eigenvalue weighted by Gasteiger charge is -2.28. The Morgan fingerprint density at radius 1 is 0.964 bits per heavy atom. The van der Waals surface area contributed by atoms with Gasteiger partial charge in [0.25, 0.3) is 5.91 Å². The van der Waals surface area contributed by atoms with Gasteiger partial charge in [-0.25, -0.2) is 13.2 Å². The maximum atomic E-state index is 12.9. The molecule has 1 fully saturated rings. The van der Waals surface area contributed by atoms with E-state index in [2.05, 4.69) is 0 Å². The van der Waals surface area contributed by atoms with Gasteiger partial charge >= 0.3 is 5.97 Å². The topological polar surface area (TPSA) is 80.8 Å². The smallest absolute Gasteiger partial charge is 0.338 e. The molecule has 0 aliphatic carbocycles. The number of nitrogens with zero attached hydrogens (tertiary/aromatic N) is 1. The minimum Gasteiger partial charge on any atom is -0.462 e. The van der Waals surface area contributed by atoms with Crippen molar-refractivity contribution in [1.29, 1.82) is 0 Å². The van der Waals surface area contributed by atoms with Crippen molar-refractivity contribution in [2.24, 2.45) is 0 Å². The van der Waals surface area contributed by atoms with E-state index in [1.54, 1.807) is 53.4 Å². The number of hydrogen-bond acceptors (Lipinski definition) is 5. The van der Waals surface area contributed by atoms with Crippen LogP contribution >= 0.6 is 0 Å². The van der Waals surface area contributed by atoms with Crippen LogP contribution in [0.2, 0.25) is 0 Å². The highest BCUT2D eigenvalue weighted by molar-refractivity contribution is 7.91. The zero-order valence-corrected chi connectivity index (χ0v) is 16.3. The summed E-state index contributed by atoms with van der Waals surface area (Å²) in [7, 11) is -3.12. The third-order valence-electron chi connectivity index (χ3n) is 4.72. The van der Waals surface area contributed by atoms with Crippen LogP contribution in [0.4, 0.5) is 0 Å². The fraction of sp³-hybridized carbons (Fsp3) is 0.333. The van der Waals surface area contributed by atoms with Crippen LogP contribution in [-0.4, -0.2) is 55.9 Å². The Labute approximate surface area is 165 Å². The molecule has 1 saturated heterocycles. The molecule has 148 valence electrons. The lowest BCUT2D eigenvalue weighted by atomic mass is 10.1. The summed E-state index contributed by atoms with van der Waals surface area (Å²) in [6.45, 7) is 0.488. The van der Waals surface area contributed by atoms with Crippen molar-refractivity contribution in [2.75, 3.05) is 24.7 Å². The Morgan fingerprint density at radius 2 is 1.57 bits per heavy atom. The van der Waals surface area contributed by atoms with Gasteiger partial charge in [-0.2, -0.15) is 0 Å². The fourth-order valence-electron chi connectivity index (χ4n) is 3.28. The van der Waals surface area contributed by atoms with Crippen LogP contribution in [0.15, 0.2) is 60.7 Å². The standard InChI is InChI=1S/C21H23NO5S/c23-20(17-8-3-1-4-9-17)22(19-12-15-28(25,26)16-19)13-7-14-27-21(24)18-10-5-2-6-11-18/h1-6,8-11,19H,7,12-16H2. The first-order valence-electron chi connectivity index (χ1n) is 9.25. The SMILES string of the molecule is O=C(OCCCN(C(=O)c1ccccc1)C1CCS(=O)(=O)C1)c1ccccc1. The first kappa shape index (κ1) is 20.1. The van der Waals surface area contributed by atoms with Crippen LogP contribution in [-0.2, 0) is 14.6 Å². The fourth-order valence-corrected chi connectivity index (χ4v) is 5.01. The number of rotatable bonds is 7. The number of carbonyl (C=O) groups is 2. The van der Waals surface area contributed by atoms with Gasteiger partial charge in [-0.1, -0.05) is 36.4 Å². The molecule has 6 nitrogen and oxygen atoms in total. The van der Waals surface area contributed by atoms with Crippen LogP contribution < -0.4 is 0 Å². The minimum absolute atomic E-state index is 0.0185. The quantitative estimate of drug-likeness (QED) is 0.526. The minimum atomic E-state index is -3.12. The Balaban J connectivity index is 1.61. The molecule has 3 rings (SSSR count). The Bertz CT molecular complexity index is 912. The van der Waals surface area contributed by atoms with Gasteiger partial charge in [0.1, 0.15) is 0 Å². The molecule has 0 bridgehead atoms. The van der Waals surface area contributed by atoms with Crippen molar-refractivity contribution in [1.82, 2.24) is 4.90 Å². The molecule has 0 aromatic heterocycles. The normalized spacial score (nSPS) is 17.8. The number of ether oxygens (including phenoxy) is 1. The predicted octanol–water partition coefficient (Wildman–Crippen LogP) is 2.56. The van der Waals surface area contributed by atoms with E-state index in [4.69, 9.17) is 4.74 Å². The number of carbonyl (C=O) groups excluding carboxylic acids is 2. The molecule has 1 aliphatic heterocycles. The number of amides is 1. The average Bonchev–Trinajstić information content (AvgIpc) is 3.08. The number of sulfone groups is 1. The van der Waals surface area contributed by atoms with Crippen LogP contribution in [0.3, 0.4) is 0 Å². The van der Waals surface area contributed by atoms with E-state index in [1.807, 2.05) is 12.1 Å². The van der Waals surface area contributed by atoms with Gasteiger partial charge in [-0.15, -0.1) is 0 Å². The second kappa shape index (κ2) is 9.01. The molecule has 1 heterocycles. The zero-order valence-electron chi connectivity index (χ0n) is 15.5. The highest BCUT2D eigenvalue weighted by Gasteiger charge is 2.34. The van der Waals surface area contributed by atoms with Gasteiger partial charge in [0, 0.05) is 18.2 Å². The molecule has 0 spiro atoms. The van der Waals surface area contributed by atoms with E-state index in [0.717, 1.165) is 0 Å². The molecule has 7 heteroatoms. The number of esters is 1. The van der Waals surface area contributed by atoms with Crippen molar-refractivity contribution in [3.05, 3.63) is 71.8 Å². The summed E-state index contributed by atoms with van der Waals surface area (Å²) in [6, 6.07) is 17.2. The van der Waals surface area contributed by atoms with Crippen molar-refractivity contribution in [2.45, 2.75) is 18.9 Å². The summed E-state index contributed by atoms with van der Waals surface area (Å²) in [6.07, 6.45) is 0.873. The summed E-state index contributed by atoms with van der Waals surface area (Å²) in [5, 5.41) is 0. The molecule has 2 aromatic rings. The zero-order chi connectivity index (χ0) is 20.0. The molecule has 0 saturated carbocycles. The Hall–Kier alpha value is -2.67. The highest BCUT2D eigenvalue weighted by atomic mass is 32.2. The van der Waals surface area contributed by atoms with Crippen molar-refractivity contribution >= 4 is 21.7 Å². The molecule has 1 atom stereocenters. The predicted molar refractivity (Wildman–Crippen MR) is 106 cm³/mol. The molecule has 1 amide bonds. The van der Waals surface area contributed by atoms with Crippen LogP contribution in [0.5, 0.6) is 0 Å². The molecule has 1 unspecified atom stereocenters. The first-order chi connectivity index (χ1) is 13.5. The summed E-state index contributed by atoms with van der Waals surface area (Å²) in [5.41, 5.74) is 0.995.